The molecule has 0 radical (unpaired) electrons. The van der Waals surface area contributed by atoms with E-state index in [4.69, 9.17) is 10.5 Å². The van der Waals surface area contributed by atoms with Crippen LogP contribution in [0.3, 0.4) is 0 Å². The third kappa shape index (κ3) is 2.74. The van der Waals surface area contributed by atoms with Crippen molar-refractivity contribution < 1.29 is 4.74 Å². The average Bonchev–Trinajstić information content (AvgIpc) is 2.85. The van der Waals surface area contributed by atoms with Crippen molar-refractivity contribution in [1.29, 1.82) is 0 Å². The fraction of sp³-hybridized carbons (Fsp3) is 0.750. The molecule has 0 amide bonds. The number of rotatable bonds is 2. The molecule has 106 valence electrons. The Morgan fingerprint density at radius 2 is 2.11 bits per heavy atom. The Kier molecular flexibility index (Phi) is 3.97. The predicted octanol–water partition coefficient (Wildman–Crippen LogP) is 4.19. The van der Waals surface area contributed by atoms with Crippen molar-refractivity contribution in [3.05, 3.63) is 21.9 Å². The molecule has 2 aliphatic rings. The van der Waals surface area contributed by atoms with Crippen LogP contribution < -0.4 is 5.73 Å². The molecule has 3 rings (SSSR count). The summed E-state index contributed by atoms with van der Waals surface area (Å²) in [5, 5.41) is 4.45. The first-order valence-corrected chi connectivity index (χ1v) is 8.57. The number of ether oxygens (including phenoxy) is 1. The van der Waals surface area contributed by atoms with Crippen LogP contribution in [0.15, 0.2) is 10.8 Å². The second-order valence-electron chi connectivity index (χ2n) is 6.38. The van der Waals surface area contributed by atoms with Crippen molar-refractivity contribution in [3.8, 4) is 0 Å². The summed E-state index contributed by atoms with van der Waals surface area (Å²) in [5.74, 6) is 0.597. The van der Waals surface area contributed by atoms with Crippen molar-refractivity contribution in [2.45, 2.75) is 63.5 Å². The van der Waals surface area contributed by atoms with Gasteiger partial charge in [-0.2, -0.15) is 11.3 Å². The van der Waals surface area contributed by atoms with Gasteiger partial charge in [0.15, 0.2) is 0 Å². The molecule has 1 saturated heterocycles. The van der Waals surface area contributed by atoms with Crippen molar-refractivity contribution in [1.82, 2.24) is 0 Å². The van der Waals surface area contributed by atoms with E-state index < -0.39 is 0 Å². The van der Waals surface area contributed by atoms with Crippen molar-refractivity contribution >= 4 is 11.3 Å². The molecule has 1 aliphatic heterocycles. The molecule has 2 N–H and O–H groups in total. The quantitative estimate of drug-likeness (QED) is 0.881. The van der Waals surface area contributed by atoms with Crippen LogP contribution in [0.4, 0.5) is 0 Å². The highest BCUT2D eigenvalue weighted by molar-refractivity contribution is 7.08. The molecule has 2 atom stereocenters. The van der Waals surface area contributed by atoms with Gasteiger partial charge < -0.3 is 10.5 Å². The molecular formula is C16H25NOS. The molecule has 0 aromatic carbocycles. The summed E-state index contributed by atoms with van der Waals surface area (Å²) in [7, 11) is 0. The van der Waals surface area contributed by atoms with E-state index in [1.54, 1.807) is 11.3 Å². The van der Waals surface area contributed by atoms with Gasteiger partial charge in [0.25, 0.3) is 0 Å². The van der Waals surface area contributed by atoms with Crippen molar-refractivity contribution in [3.63, 3.8) is 0 Å². The Labute approximate surface area is 120 Å². The van der Waals surface area contributed by atoms with E-state index in [1.165, 1.54) is 49.7 Å². The molecule has 0 bridgehead atoms. The second-order valence-corrected chi connectivity index (χ2v) is 7.12. The molecule has 1 aromatic rings. The van der Waals surface area contributed by atoms with Gasteiger partial charge >= 0.3 is 0 Å². The van der Waals surface area contributed by atoms with E-state index >= 15 is 0 Å². The Morgan fingerprint density at radius 1 is 1.32 bits per heavy atom. The summed E-state index contributed by atoms with van der Waals surface area (Å²) in [5.41, 5.74) is 9.45. The summed E-state index contributed by atoms with van der Waals surface area (Å²) in [6.07, 6.45) is 8.84. The number of thiophene rings is 1. The van der Waals surface area contributed by atoms with Crippen LogP contribution in [0.5, 0.6) is 0 Å². The third-order valence-corrected chi connectivity index (χ3v) is 5.94. The van der Waals surface area contributed by atoms with Crippen LogP contribution >= 0.6 is 11.3 Å². The Bertz CT molecular complexity index is 417. The monoisotopic (exact) mass is 279 g/mol. The third-order valence-electron chi connectivity index (χ3n) is 5.06. The molecule has 2 unspecified atom stereocenters. The van der Waals surface area contributed by atoms with Gasteiger partial charge in [0.2, 0.25) is 0 Å². The van der Waals surface area contributed by atoms with Crippen molar-refractivity contribution in [2.24, 2.45) is 11.7 Å². The first-order valence-electron chi connectivity index (χ1n) is 7.62. The Morgan fingerprint density at radius 3 is 2.79 bits per heavy atom. The molecule has 1 spiro atoms. The highest BCUT2D eigenvalue weighted by atomic mass is 32.1. The van der Waals surface area contributed by atoms with E-state index in [0.717, 1.165) is 13.0 Å². The summed E-state index contributed by atoms with van der Waals surface area (Å²) in [6.45, 7) is 3.09. The molecular weight excluding hydrogens is 254 g/mol. The maximum absolute atomic E-state index is 6.56. The average molecular weight is 279 g/mol. The molecule has 1 saturated carbocycles. The van der Waals surface area contributed by atoms with E-state index in [-0.39, 0.29) is 11.6 Å². The fourth-order valence-corrected chi connectivity index (χ4v) is 4.78. The smallest absolute Gasteiger partial charge is 0.0685 e. The number of hydrogen-bond acceptors (Lipinski definition) is 3. The zero-order valence-corrected chi connectivity index (χ0v) is 12.7. The molecule has 3 heteroatoms. The van der Waals surface area contributed by atoms with Crippen LogP contribution in [0, 0.1) is 12.8 Å². The zero-order valence-electron chi connectivity index (χ0n) is 11.9. The van der Waals surface area contributed by atoms with Gasteiger partial charge in [-0.1, -0.05) is 19.3 Å². The topological polar surface area (TPSA) is 35.2 Å². The second kappa shape index (κ2) is 5.55. The van der Waals surface area contributed by atoms with Gasteiger partial charge in [0, 0.05) is 12.6 Å². The van der Waals surface area contributed by atoms with Crippen LogP contribution in [-0.2, 0) is 4.74 Å². The maximum Gasteiger partial charge on any atom is 0.0685 e. The predicted molar refractivity (Wildman–Crippen MR) is 80.5 cm³/mol. The van der Waals surface area contributed by atoms with Gasteiger partial charge in [0.05, 0.1) is 5.60 Å². The minimum Gasteiger partial charge on any atom is -0.375 e. The first kappa shape index (κ1) is 13.6. The first-order chi connectivity index (χ1) is 9.20. The van der Waals surface area contributed by atoms with Crippen LogP contribution in [0.2, 0.25) is 0 Å². The summed E-state index contributed by atoms with van der Waals surface area (Å²) in [6, 6.07) is 0.203. The van der Waals surface area contributed by atoms with E-state index in [9.17, 15) is 0 Å². The standard InChI is InChI=1S/C16H25NOS/c1-12-10-19-11-14(12)15(17)13-5-8-18-16(9-13)6-3-2-4-7-16/h10-11,13,15H,2-9,17H2,1H3. The number of aryl methyl sites for hydroxylation is 1. The van der Waals surface area contributed by atoms with E-state index in [1.807, 2.05) is 0 Å². The Hall–Kier alpha value is -0.380. The molecule has 1 aromatic heterocycles. The molecule has 2 fully saturated rings. The Balaban J connectivity index is 1.72. The maximum atomic E-state index is 6.56. The minimum absolute atomic E-state index is 0.169. The lowest BCUT2D eigenvalue weighted by molar-refractivity contribution is -0.120. The van der Waals surface area contributed by atoms with Crippen molar-refractivity contribution in [2.75, 3.05) is 6.61 Å². The lowest BCUT2D eigenvalue weighted by atomic mass is 9.73. The molecule has 2 nitrogen and oxygen atoms in total. The number of nitrogens with two attached hydrogens (primary N) is 1. The lowest BCUT2D eigenvalue weighted by Gasteiger charge is -2.45. The normalized spacial score (nSPS) is 28.4. The summed E-state index contributed by atoms with van der Waals surface area (Å²) >= 11 is 1.77. The molecule has 2 heterocycles. The largest absolute Gasteiger partial charge is 0.375 e. The minimum atomic E-state index is 0.169. The van der Waals surface area contributed by atoms with Crippen LogP contribution in [-0.4, -0.2) is 12.2 Å². The van der Waals surface area contributed by atoms with Crippen LogP contribution in [0.1, 0.15) is 62.1 Å². The molecule has 1 aliphatic carbocycles. The fourth-order valence-electron chi connectivity index (χ4n) is 3.88. The highest BCUT2D eigenvalue weighted by Gasteiger charge is 2.40. The highest BCUT2D eigenvalue weighted by Crippen LogP contribution is 2.44. The summed E-state index contributed by atoms with van der Waals surface area (Å²) < 4.78 is 6.18. The van der Waals surface area contributed by atoms with E-state index in [2.05, 4.69) is 17.7 Å². The van der Waals surface area contributed by atoms with E-state index in [0.29, 0.717) is 5.92 Å². The zero-order chi connectivity index (χ0) is 13.3. The van der Waals surface area contributed by atoms with Gasteiger partial charge in [-0.25, -0.2) is 0 Å². The van der Waals surface area contributed by atoms with Gasteiger partial charge in [-0.3, -0.25) is 0 Å². The van der Waals surface area contributed by atoms with Gasteiger partial charge in [-0.15, -0.1) is 0 Å². The van der Waals surface area contributed by atoms with Gasteiger partial charge in [0.1, 0.15) is 0 Å². The van der Waals surface area contributed by atoms with Crippen LogP contribution in [0.25, 0.3) is 0 Å². The lowest BCUT2D eigenvalue weighted by Crippen LogP contribution is -2.44. The SMILES string of the molecule is Cc1cscc1C(N)C1CCOC2(CCCCC2)C1. The number of hydrogen-bond donors (Lipinski definition) is 1. The van der Waals surface area contributed by atoms with Gasteiger partial charge in [-0.05, 0) is 60.4 Å². The molecule has 19 heavy (non-hydrogen) atoms. The summed E-state index contributed by atoms with van der Waals surface area (Å²) in [4.78, 5) is 0.